The largest absolute Gasteiger partial charge is 0.354 e. The van der Waals surface area contributed by atoms with Gasteiger partial charge in [-0.1, -0.05) is 57.2 Å². The van der Waals surface area contributed by atoms with Crippen LogP contribution in [0.25, 0.3) is 0 Å². The van der Waals surface area contributed by atoms with Crippen molar-refractivity contribution in [3.8, 4) is 0 Å². The van der Waals surface area contributed by atoms with Gasteiger partial charge >= 0.3 is 0 Å². The summed E-state index contributed by atoms with van der Waals surface area (Å²) in [5.74, 6) is -0.781. The van der Waals surface area contributed by atoms with Crippen molar-refractivity contribution in [3.05, 3.63) is 102 Å². The maximum atomic E-state index is 12.4. The van der Waals surface area contributed by atoms with Crippen LogP contribution < -0.4 is 10.2 Å². The molecule has 2 aromatic carbocycles. The van der Waals surface area contributed by atoms with Crippen molar-refractivity contribution >= 4 is 44.9 Å². The monoisotopic (exact) mass is 713 g/mol. The summed E-state index contributed by atoms with van der Waals surface area (Å²) in [6.07, 6.45) is 16.7. The number of unbranched alkanes of at least 4 members (excludes halogenated alkanes) is 2. The Morgan fingerprint density at radius 2 is 1.61 bits per heavy atom. The van der Waals surface area contributed by atoms with Crippen molar-refractivity contribution in [1.29, 1.82) is 0 Å². The van der Waals surface area contributed by atoms with E-state index in [1.54, 1.807) is 12.1 Å². The summed E-state index contributed by atoms with van der Waals surface area (Å²) in [6.45, 7) is 12.7. The summed E-state index contributed by atoms with van der Waals surface area (Å²) >= 11 is 0. The normalized spacial score (nSPS) is 18.6. The van der Waals surface area contributed by atoms with Crippen molar-refractivity contribution < 1.29 is 31.9 Å². The van der Waals surface area contributed by atoms with E-state index in [9.17, 15) is 27.4 Å². The topological polar surface area (TPSA) is 127 Å². The van der Waals surface area contributed by atoms with Crippen LogP contribution in [0.5, 0.6) is 0 Å². The van der Waals surface area contributed by atoms with Crippen LogP contribution in [0, 0.1) is 0 Å². The zero-order valence-corrected chi connectivity index (χ0v) is 31.0. The summed E-state index contributed by atoms with van der Waals surface area (Å²) < 4.78 is 35.8. The molecule has 3 aliphatic heterocycles. The Kier molecular flexibility index (Phi) is 11.3. The van der Waals surface area contributed by atoms with E-state index in [0.717, 1.165) is 60.6 Å². The van der Waals surface area contributed by atoms with Gasteiger partial charge in [0, 0.05) is 79.1 Å². The lowest BCUT2D eigenvalue weighted by Crippen LogP contribution is -2.38. The van der Waals surface area contributed by atoms with E-state index in [1.807, 2.05) is 12.2 Å². The number of benzene rings is 2. The quantitative estimate of drug-likeness (QED) is 0.0750. The molecule has 270 valence electrons. The Morgan fingerprint density at radius 3 is 2.31 bits per heavy atom. The highest BCUT2D eigenvalue weighted by molar-refractivity contribution is 7.85. The Balaban J connectivity index is 1.24. The van der Waals surface area contributed by atoms with E-state index in [-0.39, 0.29) is 41.1 Å². The molecule has 0 fully saturated rings. The Labute approximate surface area is 301 Å². The van der Waals surface area contributed by atoms with Crippen molar-refractivity contribution in [2.24, 2.45) is 0 Å². The van der Waals surface area contributed by atoms with Crippen molar-refractivity contribution in [1.82, 2.24) is 10.2 Å². The van der Waals surface area contributed by atoms with E-state index >= 15 is 0 Å². The Hall–Kier alpha value is -4.61. The highest BCUT2D eigenvalue weighted by atomic mass is 32.2. The minimum absolute atomic E-state index is 0.0859. The van der Waals surface area contributed by atoms with Gasteiger partial charge in [0.25, 0.3) is 21.9 Å². The van der Waals surface area contributed by atoms with Gasteiger partial charge in [0.1, 0.15) is 6.54 Å². The van der Waals surface area contributed by atoms with Crippen LogP contribution in [0.4, 0.5) is 11.4 Å². The van der Waals surface area contributed by atoms with Gasteiger partial charge in [-0.15, -0.1) is 0 Å². The SMILES string of the molecule is CCCN1/C(=C/C=C/C=C/C2=[N+](CCCCCC(=O)NCCN3C(=O)C=CC3=O)c3ccccc3C2(C)C)C(C)(C)c2cc(S(=O)(=O)O)ccc21. The van der Waals surface area contributed by atoms with Gasteiger partial charge < -0.3 is 10.2 Å². The predicted octanol–water partition coefficient (Wildman–Crippen LogP) is 6.12. The van der Waals surface area contributed by atoms with Gasteiger partial charge in [0.15, 0.2) is 5.71 Å². The molecule has 0 spiro atoms. The molecule has 5 rings (SSSR count). The number of imide groups is 1. The minimum atomic E-state index is -4.31. The van der Waals surface area contributed by atoms with E-state index in [2.05, 4.69) is 91.9 Å². The number of nitrogens with zero attached hydrogens (tertiary/aromatic N) is 3. The number of nitrogens with one attached hydrogen (secondary N) is 1. The standard InChI is InChI=1S/C40H48N4O6S/c1-6-25-42-33-21-20-29(51(48,49)50)28-31(33)40(4,5)35(42)18-10-7-9-17-34-39(2,3)30-15-12-13-16-32(30)43(34)26-14-8-11-19-36(45)41-24-27-44-37(46)22-23-38(44)47/h7,9-10,12-13,15-18,20-23,28H,6,8,11,14,19,24-27H2,1-5H3,(H-,41,45,48,49,50)/p+1. The molecule has 3 amide bonds. The van der Waals surface area contributed by atoms with E-state index in [0.29, 0.717) is 6.42 Å². The fraction of sp³-hybridized carbons (Fsp3) is 0.400. The average molecular weight is 714 g/mol. The zero-order valence-electron chi connectivity index (χ0n) is 30.2. The summed E-state index contributed by atoms with van der Waals surface area (Å²) in [7, 11) is -4.31. The summed E-state index contributed by atoms with van der Waals surface area (Å²) in [5, 5.41) is 2.81. The summed E-state index contributed by atoms with van der Waals surface area (Å²) in [6, 6.07) is 13.3. The fourth-order valence-electron chi connectivity index (χ4n) is 7.30. The van der Waals surface area contributed by atoms with Crippen LogP contribution >= 0.6 is 0 Å². The van der Waals surface area contributed by atoms with Crippen LogP contribution in [0.3, 0.4) is 0 Å². The second-order valence-electron chi connectivity index (χ2n) is 14.2. The van der Waals surface area contributed by atoms with Crippen LogP contribution in [0.2, 0.25) is 0 Å². The van der Waals surface area contributed by atoms with E-state index in [4.69, 9.17) is 0 Å². The molecule has 10 nitrogen and oxygen atoms in total. The molecule has 0 aromatic heterocycles. The smallest absolute Gasteiger partial charge is 0.294 e. The molecule has 2 N–H and O–H groups in total. The minimum Gasteiger partial charge on any atom is -0.354 e. The number of rotatable bonds is 15. The summed E-state index contributed by atoms with van der Waals surface area (Å²) in [4.78, 5) is 39.0. The maximum Gasteiger partial charge on any atom is 0.294 e. The number of hydrogen-bond donors (Lipinski definition) is 2. The molecule has 0 saturated heterocycles. The van der Waals surface area contributed by atoms with Gasteiger partial charge in [0.2, 0.25) is 11.6 Å². The molecular formula is C40H49N4O6S+. The van der Waals surface area contributed by atoms with E-state index < -0.39 is 15.5 Å². The molecule has 11 heteroatoms. The Morgan fingerprint density at radius 1 is 0.882 bits per heavy atom. The van der Waals surface area contributed by atoms with E-state index in [1.165, 1.54) is 35.2 Å². The molecule has 0 radical (unpaired) electrons. The van der Waals surface area contributed by atoms with Crippen LogP contribution in [0.1, 0.15) is 77.8 Å². The first-order valence-corrected chi connectivity index (χ1v) is 19.1. The third kappa shape index (κ3) is 7.99. The lowest BCUT2D eigenvalue weighted by molar-refractivity contribution is -0.438. The van der Waals surface area contributed by atoms with Gasteiger partial charge in [-0.25, -0.2) is 0 Å². The molecule has 0 saturated carbocycles. The number of para-hydroxylation sites is 1. The second-order valence-corrected chi connectivity index (χ2v) is 15.6. The number of carbonyl (C=O) groups is 3. The molecule has 0 bridgehead atoms. The molecule has 0 unspecified atom stereocenters. The molecule has 2 aromatic rings. The van der Waals surface area contributed by atoms with Crippen molar-refractivity contribution in [3.63, 3.8) is 0 Å². The van der Waals surface area contributed by atoms with Gasteiger partial charge in [-0.2, -0.15) is 13.0 Å². The number of fused-ring (bicyclic) bond motifs is 2. The Bertz CT molecular complexity index is 1950. The highest BCUT2D eigenvalue weighted by Crippen LogP contribution is 2.48. The van der Waals surface area contributed by atoms with Gasteiger partial charge in [-0.3, -0.25) is 23.8 Å². The van der Waals surface area contributed by atoms with Gasteiger partial charge in [-0.05, 0) is 62.9 Å². The fourth-order valence-corrected chi connectivity index (χ4v) is 7.81. The zero-order chi connectivity index (χ0) is 37.0. The third-order valence-electron chi connectivity index (χ3n) is 9.98. The number of allylic oxidation sites excluding steroid dienone is 6. The number of carbonyl (C=O) groups excluding carboxylic acids is 3. The number of anilines is 1. The summed E-state index contributed by atoms with van der Waals surface area (Å²) in [5.41, 5.74) is 5.86. The first-order valence-electron chi connectivity index (χ1n) is 17.7. The molecule has 51 heavy (non-hydrogen) atoms. The van der Waals surface area contributed by atoms with Crippen LogP contribution in [0.15, 0.2) is 95.6 Å². The number of amides is 3. The molecular weight excluding hydrogens is 665 g/mol. The first-order chi connectivity index (χ1) is 24.2. The second kappa shape index (κ2) is 15.3. The van der Waals surface area contributed by atoms with Crippen molar-refractivity contribution in [2.45, 2.75) is 82.4 Å². The van der Waals surface area contributed by atoms with Crippen LogP contribution in [-0.2, 0) is 35.3 Å². The maximum absolute atomic E-state index is 12.4. The first kappa shape index (κ1) is 37.6. The average Bonchev–Trinajstić information content (AvgIpc) is 3.59. The van der Waals surface area contributed by atoms with Crippen molar-refractivity contribution in [2.75, 3.05) is 31.1 Å². The lowest BCUT2D eigenvalue weighted by atomic mass is 9.81. The molecule has 0 aliphatic carbocycles. The number of hydrogen-bond acceptors (Lipinski definition) is 6. The molecule has 0 atom stereocenters. The third-order valence-corrected chi connectivity index (χ3v) is 10.8. The van der Waals surface area contributed by atoms with Gasteiger partial charge in [0.05, 0.1) is 10.3 Å². The predicted molar refractivity (Wildman–Crippen MR) is 200 cm³/mol. The lowest BCUT2D eigenvalue weighted by Gasteiger charge is -2.26. The molecule has 3 heterocycles. The highest BCUT2D eigenvalue weighted by Gasteiger charge is 2.44. The van der Waals surface area contributed by atoms with Crippen LogP contribution in [-0.4, -0.2) is 72.1 Å². The molecule has 3 aliphatic rings.